The lowest BCUT2D eigenvalue weighted by Gasteiger charge is -2.30. The summed E-state index contributed by atoms with van der Waals surface area (Å²) < 4.78 is 16.0. The van der Waals surface area contributed by atoms with Crippen molar-refractivity contribution in [1.29, 1.82) is 0 Å². The first-order chi connectivity index (χ1) is 14.1. The summed E-state index contributed by atoms with van der Waals surface area (Å²) >= 11 is 0. The molecule has 2 aliphatic rings. The number of ketones is 1. The maximum Gasteiger partial charge on any atom is 0.338 e. The highest BCUT2D eigenvalue weighted by Gasteiger charge is 2.45. The van der Waals surface area contributed by atoms with Gasteiger partial charge in [-0.15, -0.1) is 0 Å². The summed E-state index contributed by atoms with van der Waals surface area (Å²) in [5.41, 5.74) is 1.29. The molecule has 8 nitrogen and oxygen atoms in total. The Morgan fingerprint density at radius 3 is 2.53 bits per heavy atom. The minimum absolute atomic E-state index is 0.00514. The van der Waals surface area contributed by atoms with E-state index in [4.69, 9.17) is 14.2 Å². The standard InChI is InChI=1S/C22H28O8/c1-6-12(3)21(26)30-20-18-15(10-28-14(5)23)22(27)29-17(18)9-11(2)7-8-16(24)13(4)19(20)25/h6,9,13,17,19-20,25H,7-8,10H2,1-5H3/b11-9+,12-6+/t13-,17-,19-,20-/m1/s1. The van der Waals surface area contributed by atoms with E-state index in [1.165, 1.54) is 6.92 Å². The second-order valence-electron chi connectivity index (χ2n) is 7.60. The molecule has 1 heterocycles. The molecule has 0 aromatic carbocycles. The van der Waals surface area contributed by atoms with Crippen molar-refractivity contribution >= 4 is 23.7 Å². The quantitative estimate of drug-likeness (QED) is 0.318. The monoisotopic (exact) mass is 420 g/mol. The Balaban J connectivity index is 2.64. The minimum Gasteiger partial charge on any atom is -0.461 e. The lowest BCUT2D eigenvalue weighted by atomic mass is 9.84. The number of ether oxygens (including phenoxy) is 3. The van der Waals surface area contributed by atoms with Crippen molar-refractivity contribution in [2.45, 2.75) is 65.8 Å². The Morgan fingerprint density at radius 2 is 1.93 bits per heavy atom. The zero-order chi connectivity index (χ0) is 22.6. The summed E-state index contributed by atoms with van der Waals surface area (Å²) in [6.07, 6.45) is 0.228. The second-order valence-corrected chi connectivity index (χ2v) is 7.60. The second kappa shape index (κ2) is 9.84. The van der Waals surface area contributed by atoms with Crippen LogP contribution in [0.4, 0.5) is 0 Å². The van der Waals surface area contributed by atoms with Crippen molar-refractivity contribution in [3.05, 3.63) is 34.4 Å². The number of fused-ring (bicyclic) bond motifs is 1. The number of rotatable bonds is 4. The highest BCUT2D eigenvalue weighted by Crippen LogP contribution is 2.34. The molecule has 4 atom stereocenters. The number of carbonyl (C=O) groups is 4. The molecule has 1 aliphatic carbocycles. The van der Waals surface area contributed by atoms with Crippen LogP contribution in [0.5, 0.6) is 0 Å². The van der Waals surface area contributed by atoms with Crippen molar-refractivity contribution in [2.75, 3.05) is 6.61 Å². The average Bonchev–Trinajstić information content (AvgIpc) is 3.00. The molecular formula is C22H28O8. The van der Waals surface area contributed by atoms with E-state index >= 15 is 0 Å². The topological polar surface area (TPSA) is 116 Å². The number of aliphatic hydroxyl groups is 1. The normalized spacial score (nSPS) is 29.5. The molecule has 0 saturated heterocycles. The van der Waals surface area contributed by atoms with Crippen LogP contribution in [0.25, 0.3) is 0 Å². The van der Waals surface area contributed by atoms with Crippen molar-refractivity contribution in [3.8, 4) is 0 Å². The van der Waals surface area contributed by atoms with Gasteiger partial charge in [-0.1, -0.05) is 18.6 Å². The largest absolute Gasteiger partial charge is 0.461 e. The van der Waals surface area contributed by atoms with Gasteiger partial charge in [0.2, 0.25) is 0 Å². The van der Waals surface area contributed by atoms with E-state index in [2.05, 4.69) is 0 Å². The van der Waals surface area contributed by atoms with Gasteiger partial charge in [0.05, 0.1) is 5.57 Å². The molecule has 0 bridgehead atoms. The molecule has 0 aromatic heterocycles. The van der Waals surface area contributed by atoms with E-state index in [1.54, 1.807) is 39.8 Å². The van der Waals surface area contributed by atoms with E-state index in [0.717, 1.165) is 5.57 Å². The number of aliphatic hydroxyl groups excluding tert-OH is 1. The Labute approximate surface area is 175 Å². The van der Waals surface area contributed by atoms with E-state index in [0.29, 0.717) is 12.0 Å². The lowest BCUT2D eigenvalue weighted by Crippen LogP contribution is -2.43. The molecule has 164 valence electrons. The maximum absolute atomic E-state index is 12.5. The third-order valence-electron chi connectivity index (χ3n) is 5.38. The van der Waals surface area contributed by atoms with Gasteiger partial charge in [0, 0.05) is 30.4 Å². The minimum atomic E-state index is -1.41. The van der Waals surface area contributed by atoms with Crippen LogP contribution in [0.15, 0.2) is 34.4 Å². The highest BCUT2D eigenvalue weighted by atomic mass is 16.6. The Morgan fingerprint density at radius 1 is 1.27 bits per heavy atom. The Hall–Kier alpha value is -2.74. The molecule has 8 heteroatoms. The lowest BCUT2D eigenvalue weighted by molar-refractivity contribution is -0.152. The van der Waals surface area contributed by atoms with Gasteiger partial charge in [0.25, 0.3) is 0 Å². The van der Waals surface area contributed by atoms with Crippen LogP contribution >= 0.6 is 0 Å². The Kier molecular flexibility index (Phi) is 7.72. The van der Waals surface area contributed by atoms with E-state index in [1.807, 2.05) is 0 Å². The first-order valence-electron chi connectivity index (χ1n) is 9.86. The smallest absolute Gasteiger partial charge is 0.338 e. The molecule has 0 amide bonds. The zero-order valence-electron chi connectivity index (χ0n) is 17.9. The van der Waals surface area contributed by atoms with Gasteiger partial charge in [0.1, 0.15) is 24.6 Å². The van der Waals surface area contributed by atoms with Crippen molar-refractivity contribution in [3.63, 3.8) is 0 Å². The van der Waals surface area contributed by atoms with Gasteiger partial charge in [-0.25, -0.2) is 9.59 Å². The molecule has 1 N–H and O–H groups in total. The number of Topliss-reactive ketones (excluding diaryl/α,β-unsaturated/α-hetero) is 1. The number of hydrogen-bond donors (Lipinski definition) is 1. The van der Waals surface area contributed by atoms with Crippen LogP contribution in [-0.2, 0) is 33.4 Å². The number of allylic oxidation sites excluding steroid dienone is 2. The molecule has 1 aliphatic heterocycles. The van der Waals surface area contributed by atoms with Crippen molar-refractivity contribution in [1.82, 2.24) is 0 Å². The maximum atomic E-state index is 12.5. The van der Waals surface area contributed by atoms with Crippen LogP contribution in [0.3, 0.4) is 0 Å². The van der Waals surface area contributed by atoms with E-state index in [9.17, 15) is 24.3 Å². The first kappa shape index (κ1) is 23.5. The van der Waals surface area contributed by atoms with Crippen LogP contribution in [0, 0.1) is 5.92 Å². The molecule has 0 aromatic rings. The summed E-state index contributed by atoms with van der Waals surface area (Å²) in [6.45, 7) is 7.37. The van der Waals surface area contributed by atoms with Crippen LogP contribution in [0.2, 0.25) is 0 Å². The number of esters is 3. The summed E-state index contributed by atoms with van der Waals surface area (Å²) in [6, 6.07) is 0. The summed E-state index contributed by atoms with van der Waals surface area (Å²) in [7, 11) is 0. The third-order valence-corrected chi connectivity index (χ3v) is 5.38. The predicted octanol–water partition coefficient (Wildman–Crippen LogP) is 1.96. The zero-order valence-corrected chi connectivity index (χ0v) is 17.9. The molecule has 0 radical (unpaired) electrons. The molecule has 0 unspecified atom stereocenters. The molecule has 30 heavy (non-hydrogen) atoms. The molecule has 0 spiro atoms. The van der Waals surface area contributed by atoms with Gasteiger partial charge in [0.15, 0.2) is 6.10 Å². The van der Waals surface area contributed by atoms with E-state index < -0.39 is 48.7 Å². The van der Waals surface area contributed by atoms with Gasteiger partial charge in [-0.2, -0.15) is 0 Å². The third kappa shape index (κ3) is 5.24. The summed E-state index contributed by atoms with van der Waals surface area (Å²) in [5.74, 6) is -3.07. The molecule has 2 rings (SSSR count). The van der Waals surface area contributed by atoms with Crippen LogP contribution < -0.4 is 0 Å². The molecule has 0 fully saturated rings. The number of carbonyl (C=O) groups excluding carboxylic acids is 4. The van der Waals surface area contributed by atoms with Gasteiger partial charge in [-0.05, 0) is 33.3 Å². The Bertz CT molecular complexity index is 832. The van der Waals surface area contributed by atoms with Crippen LogP contribution in [-0.4, -0.2) is 53.7 Å². The fourth-order valence-corrected chi connectivity index (χ4v) is 3.30. The average molecular weight is 420 g/mol. The van der Waals surface area contributed by atoms with Crippen LogP contribution in [0.1, 0.15) is 47.5 Å². The fraction of sp³-hybridized carbons (Fsp3) is 0.545. The highest BCUT2D eigenvalue weighted by molar-refractivity contribution is 5.94. The molecular weight excluding hydrogens is 392 g/mol. The fourth-order valence-electron chi connectivity index (χ4n) is 3.30. The van der Waals surface area contributed by atoms with E-state index in [-0.39, 0.29) is 23.4 Å². The van der Waals surface area contributed by atoms with Crippen molar-refractivity contribution < 1.29 is 38.5 Å². The van der Waals surface area contributed by atoms with Gasteiger partial charge >= 0.3 is 17.9 Å². The van der Waals surface area contributed by atoms with Gasteiger partial charge < -0.3 is 19.3 Å². The summed E-state index contributed by atoms with van der Waals surface area (Å²) in [4.78, 5) is 48.9. The summed E-state index contributed by atoms with van der Waals surface area (Å²) in [5, 5.41) is 11.0. The molecule has 0 saturated carbocycles. The van der Waals surface area contributed by atoms with Crippen molar-refractivity contribution in [2.24, 2.45) is 5.92 Å². The number of hydrogen-bond acceptors (Lipinski definition) is 8. The first-order valence-corrected chi connectivity index (χ1v) is 9.86. The predicted molar refractivity (Wildman–Crippen MR) is 106 cm³/mol. The van der Waals surface area contributed by atoms with Gasteiger partial charge in [-0.3, -0.25) is 9.59 Å². The SMILES string of the molecule is C/C=C(\C)C(=O)O[C@@H]1C2=C(COC(C)=O)C(=O)O[C@@H]2/C=C(\C)CCC(=O)[C@@H](C)[C@H]1O.